The van der Waals surface area contributed by atoms with Crippen LogP contribution in [0.3, 0.4) is 0 Å². The molecule has 1 unspecified atom stereocenters. The molecule has 3 nitrogen and oxygen atoms in total. The molecule has 0 saturated heterocycles. The summed E-state index contributed by atoms with van der Waals surface area (Å²) < 4.78 is 18.5. The number of hydrogen-bond acceptors (Lipinski definition) is 2. The normalized spacial score (nSPS) is 19.5. The number of carboxylic acids is 1. The first kappa shape index (κ1) is 11.2. The Hall–Kier alpha value is -1.29. The van der Waals surface area contributed by atoms with Crippen LogP contribution in [0.15, 0.2) is 12.1 Å². The molecule has 5 heteroatoms. The molecule has 86 valence electrons. The lowest BCUT2D eigenvalue weighted by Crippen LogP contribution is -2.11. The highest BCUT2D eigenvalue weighted by Gasteiger charge is 2.28. The van der Waals surface area contributed by atoms with E-state index < -0.39 is 17.7 Å². The number of aliphatic carboxylic acids is 1. The summed E-state index contributed by atoms with van der Waals surface area (Å²) in [7, 11) is 0. The zero-order chi connectivity index (χ0) is 11.7. The zero-order valence-corrected chi connectivity index (χ0v) is 9.13. The standard InChI is InChI=1S/C11H10ClFO3/c12-9-5-6(13)4-8-7(11(14)15)2-1-3-16-10(8)9/h4-5,7H,1-3H2,(H,14,15). The second-order valence-electron chi connectivity index (χ2n) is 3.69. The Morgan fingerprint density at radius 3 is 3.00 bits per heavy atom. The summed E-state index contributed by atoms with van der Waals surface area (Å²) >= 11 is 5.83. The van der Waals surface area contributed by atoms with Crippen molar-refractivity contribution in [2.45, 2.75) is 18.8 Å². The fourth-order valence-electron chi connectivity index (χ4n) is 1.87. The highest BCUT2D eigenvalue weighted by Crippen LogP contribution is 2.38. The van der Waals surface area contributed by atoms with E-state index in [4.69, 9.17) is 21.4 Å². The number of benzene rings is 1. The lowest BCUT2D eigenvalue weighted by atomic mass is 9.94. The van der Waals surface area contributed by atoms with Crippen LogP contribution in [0.1, 0.15) is 24.3 Å². The number of hydrogen-bond donors (Lipinski definition) is 1. The third kappa shape index (κ3) is 1.97. The highest BCUT2D eigenvalue weighted by atomic mass is 35.5. The third-order valence-corrected chi connectivity index (χ3v) is 2.87. The summed E-state index contributed by atoms with van der Waals surface area (Å²) in [5, 5.41) is 9.20. The van der Waals surface area contributed by atoms with Crippen LogP contribution in [0.5, 0.6) is 5.75 Å². The minimum atomic E-state index is -0.978. The number of fused-ring (bicyclic) bond motifs is 1. The van der Waals surface area contributed by atoms with Crippen molar-refractivity contribution in [1.82, 2.24) is 0 Å². The van der Waals surface area contributed by atoms with E-state index in [1.165, 1.54) is 6.07 Å². The van der Waals surface area contributed by atoms with Crippen LogP contribution in [-0.2, 0) is 4.79 Å². The third-order valence-electron chi connectivity index (χ3n) is 2.59. The summed E-state index contributed by atoms with van der Waals surface area (Å²) in [6.45, 7) is 0.405. The highest BCUT2D eigenvalue weighted by molar-refractivity contribution is 6.32. The Morgan fingerprint density at radius 1 is 1.56 bits per heavy atom. The van der Waals surface area contributed by atoms with Crippen LogP contribution >= 0.6 is 11.6 Å². The molecule has 0 aliphatic carbocycles. The van der Waals surface area contributed by atoms with E-state index in [1.54, 1.807) is 0 Å². The molecule has 0 amide bonds. The SMILES string of the molecule is O=C(O)C1CCCOc2c(Cl)cc(F)cc21. The monoisotopic (exact) mass is 244 g/mol. The predicted molar refractivity (Wildman–Crippen MR) is 56.5 cm³/mol. The molecular formula is C11H10ClFO3. The van der Waals surface area contributed by atoms with Crippen molar-refractivity contribution >= 4 is 17.6 Å². The molecule has 0 aromatic heterocycles. The molecule has 1 N–H and O–H groups in total. The van der Waals surface area contributed by atoms with Gasteiger partial charge in [-0.05, 0) is 25.0 Å². The van der Waals surface area contributed by atoms with Gasteiger partial charge in [-0.15, -0.1) is 0 Å². The minimum Gasteiger partial charge on any atom is -0.492 e. The van der Waals surface area contributed by atoms with Crippen LogP contribution in [-0.4, -0.2) is 17.7 Å². The van der Waals surface area contributed by atoms with E-state index in [2.05, 4.69) is 0 Å². The van der Waals surface area contributed by atoms with Crippen molar-refractivity contribution in [3.05, 3.63) is 28.5 Å². The van der Waals surface area contributed by atoms with E-state index in [0.29, 0.717) is 30.8 Å². The molecule has 1 aliphatic heterocycles. The molecule has 1 aliphatic rings. The van der Waals surface area contributed by atoms with Gasteiger partial charge in [-0.2, -0.15) is 0 Å². The maximum absolute atomic E-state index is 13.2. The summed E-state index contributed by atoms with van der Waals surface area (Å²) in [5.74, 6) is -1.97. The smallest absolute Gasteiger partial charge is 0.311 e. The van der Waals surface area contributed by atoms with E-state index in [1.807, 2.05) is 0 Å². The number of carbonyl (C=O) groups is 1. The van der Waals surface area contributed by atoms with Crippen LogP contribution < -0.4 is 4.74 Å². The molecule has 1 atom stereocenters. The molecule has 0 spiro atoms. The van der Waals surface area contributed by atoms with Gasteiger partial charge >= 0.3 is 5.97 Å². The number of rotatable bonds is 1. The fourth-order valence-corrected chi connectivity index (χ4v) is 2.13. The van der Waals surface area contributed by atoms with Gasteiger partial charge in [0.05, 0.1) is 17.5 Å². The Morgan fingerprint density at radius 2 is 2.31 bits per heavy atom. The fraction of sp³-hybridized carbons (Fsp3) is 0.364. The van der Waals surface area contributed by atoms with Gasteiger partial charge in [0.15, 0.2) is 0 Å². The van der Waals surface area contributed by atoms with Crippen molar-refractivity contribution in [3.63, 3.8) is 0 Å². The first-order chi connectivity index (χ1) is 7.59. The van der Waals surface area contributed by atoms with Crippen molar-refractivity contribution in [2.75, 3.05) is 6.61 Å². The number of ether oxygens (including phenoxy) is 1. The predicted octanol–water partition coefficient (Wildman–Crippen LogP) is 2.82. The van der Waals surface area contributed by atoms with E-state index in [9.17, 15) is 9.18 Å². The lowest BCUT2D eigenvalue weighted by molar-refractivity contribution is -0.138. The quantitative estimate of drug-likeness (QED) is 0.826. The van der Waals surface area contributed by atoms with Gasteiger partial charge in [-0.1, -0.05) is 11.6 Å². The maximum Gasteiger partial charge on any atom is 0.311 e. The molecule has 1 aromatic rings. The van der Waals surface area contributed by atoms with Crippen molar-refractivity contribution in [3.8, 4) is 5.75 Å². The molecule has 16 heavy (non-hydrogen) atoms. The zero-order valence-electron chi connectivity index (χ0n) is 8.37. The average Bonchev–Trinajstić information content (AvgIpc) is 2.39. The molecule has 2 rings (SSSR count). The van der Waals surface area contributed by atoms with E-state index in [-0.39, 0.29) is 5.02 Å². The molecule has 0 fully saturated rings. The first-order valence-electron chi connectivity index (χ1n) is 4.94. The van der Waals surface area contributed by atoms with Crippen LogP contribution in [0, 0.1) is 5.82 Å². The van der Waals surface area contributed by atoms with E-state index in [0.717, 1.165) is 6.07 Å². The Kier molecular flexibility index (Phi) is 3.01. The van der Waals surface area contributed by atoms with Crippen molar-refractivity contribution in [2.24, 2.45) is 0 Å². The van der Waals surface area contributed by atoms with Crippen LogP contribution in [0.2, 0.25) is 5.02 Å². The minimum absolute atomic E-state index is 0.128. The summed E-state index contributed by atoms with van der Waals surface area (Å²) in [6.07, 6.45) is 1.05. The number of halogens is 2. The second-order valence-corrected chi connectivity index (χ2v) is 4.09. The van der Waals surface area contributed by atoms with Crippen LogP contribution in [0.25, 0.3) is 0 Å². The van der Waals surface area contributed by atoms with Crippen LogP contribution in [0.4, 0.5) is 4.39 Å². The van der Waals surface area contributed by atoms with Gasteiger partial charge in [-0.25, -0.2) is 4.39 Å². The van der Waals surface area contributed by atoms with Crippen molar-refractivity contribution < 1.29 is 19.0 Å². The van der Waals surface area contributed by atoms with Gasteiger partial charge in [0.2, 0.25) is 0 Å². The second kappa shape index (κ2) is 4.29. The van der Waals surface area contributed by atoms with Gasteiger partial charge < -0.3 is 9.84 Å². The largest absolute Gasteiger partial charge is 0.492 e. The molecule has 1 aromatic carbocycles. The van der Waals surface area contributed by atoms with Gasteiger partial charge in [-0.3, -0.25) is 4.79 Å². The topological polar surface area (TPSA) is 46.5 Å². The molecule has 0 saturated carbocycles. The summed E-state index contributed by atoms with van der Waals surface area (Å²) in [5.41, 5.74) is 0.329. The number of carboxylic acid groups (broad SMARTS) is 1. The molecular weight excluding hydrogens is 235 g/mol. The Balaban J connectivity index is 2.55. The summed E-state index contributed by atoms with van der Waals surface area (Å²) in [4.78, 5) is 11.1. The van der Waals surface area contributed by atoms with Gasteiger partial charge in [0.25, 0.3) is 0 Å². The maximum atomic E-state index is 13.2. The summed E-state index contributed by atoms with van der Waals surface area (Å²) in [6, 6.07) is 2.32. The average molecular weight is 245 g/mol. The first-order valence-corrected chi connectivity index (χ1v) is 5.32. The van der Waals surface area contributed by atoms with Crippen molar-refractivity contribution in [1.29, 1.82) is 0 Å². The molecule has 0 radical (unpaired) electrons. The Bertz CT molecular complexity index is 433. The lowest BCUT2D eigenvalue weighted by Gasteiger charge is -2.13. The molecule has 1 heterocycles. The van der Waals surface area contributed by atoms with E-state index >= 15 is 0 Å². The Labute approximate surface area is 96.8 Å². The van der Waals surface area contributed by atoms with Gasteiger partial charge in [0, 0.05) is 5.56 Å². The molecule has 0 bridgehead atoms. The van der Waals surface area contributed by atoms with Gasteiger partial charge in [0.1, 0.15) is 11.6 Å².